The molecule has 2 aromatic carbocycles. The van der Waals surface area contributed by atoms with E-state index >= 15 is 0 Å². The topological polar surface area (TPSA) is 41.1 Å². The molecule has 0 aliphatic heterocycles. The lowest BCUT2D eigenvalue weighted by atomic mass is 9.89. The normalized spacial score (nSPS) is 14.5. The minimum Gasteiger partial charge on any atom is -0.338 e. The Bertz CT molecular complexity index is 744. The molecule has 0 fully saturated rings. The van der Waals surface area contributed by atoms with Gasteiger partial charge >= 0.3 is 6.03 Å². The Morgan fingerprint density at radius 1 is 1.12 bits per heavy atom. The van der Waals surface area contributed by atoms with Crippen LogP contribution < -0.4 is 10.6 Å². The van der Waals surface area contributed by atoms with Crippen LogP contribution >= 0.6 is 0 Å². The number of aryl methyl sites for hydroxylation is 2. The van der Waals surface area contributed by atoms with E-state index in [1.165, 1.54) is 30.0 Å². The van der Waals surface area contributed by atoms with Gasteiger partial charge < -0.3 is 10.6 Å². The van der Waals surface area contributed by atoms with E-state index in [2.05, 4.69) is 28.8 Å². The summed E-state index contributed by atoms with van der Waals surface area (Å²) in [6, 6.07) is 12.9. The van der Waals surface area contributed by atoms with Gasteiger partial charge in [-0.2, -0.15) is 0 Å². The number of halogens is 1. The van der Waals surface area contributed by atoms with E-state index in [0.29, 0.717) is 18.5 Å². The summed E-state index contributed by atoms with van der Waals surface area (Å²) in [5.41, 5.74) is 4.60. The number of benzene rings is 2. The van der Waals surface area contributed by atoms with E-state index in [9.17, 15) is 9.18 Å². The summed E-state index contributed by atoms with van der Waals surface area (Å²) in [6.07, 6.45) is 5.28. The van der Waals surface area contributed by atoms with Gasteiger partial charge in [0.05, 0.1) is 6.04 Å². The molecule has 1 atom stereocenters. The van der Waals surface area contributed by atoms with Crippen LogP contribution in [0.4, 0.5) is 9.18 Å². The minimum atomic E-state index is -0.230. The van der Waals surface area contributed by atoms with Crippen molar-refractivity contribution in [3.05, 3.63) is 70.5 Å². The van der Waals surface area contributed by atoms with Crippen molar-refractivity contribution in [3.63, 3.8) is 0 Å². The molecule has 2 N–H and O–H groups in total. The first-order valence-electron chi connectivity index (χ1n) is 9.03. The van der Waals surface area contributed by atoms with Crippen LogP contribution in [-0.2, 0) is 19.3 Å². The maximum Gasteiger partial charge on any atom is 0.315 e. The van der Waals surface area contributed by atoms with Crippen molar-refractivity contribution in [2.75, 3.05) is 6.54 Å². The number of hydrogen-bond donors (Lipinski definition) is 2. The molecule has 1 unspecified atom stereocenters. The van der Waals surface area contributed by atoms with E-state index in [1.54, 1.807) is 18.2 Å². The van der Waals surface area contributed by atoms with Crippen molar-refractivity contribution in [1.29, 1.82) is 0 Å². The van der Waals surface area contributed by atoms with E-state index in [4.69, 9.17) is 0 Å². The van der Waals surface area contributed by atoms with E-state index < -0.39 is 0 Å². The van der Waals surface area contributed by atoms with Crippen molar-refractivity contribution in [3.8, 4) is 0 Å². The Balaban J connectivity index is 1.50. The molecule has 0 bridgehead atoms. The summed E-state index contributed by atoms with van der Waals surface area (Å²) in [5.74, 6) is -0.230. The number of carbonyl (C=O) groups excluding carboxylic acids is 1. The summed E-state index contributed by atoms with van der Waals surface area (Å²) in [7, 11) is 0. The Hall–Kier alpha value is -2.36. The van der Waals surface area contributed by atoms with Crippen molar-refractivity contribution in [2.45, 2.75) is 45.1 Å². The predicted octanol–water partition coefficient (Wildman–Crippen LogP) is 4.31. The monoisotopic (exact) mass is 340 g/mol. The van der Waals surface area contributed by atoms with Crippen LogP contribution in [0.5, 0.6) is 0 Å². The molecule has 0 saturated carbocycles. The quantitative estimate of drug-likeness (QED) is 0.837. The molecular formula is C21H25FN2O. The molecule has 3 rings (SSSR count). The molecule has 0 spiro atoms. The highest BCUT2D eigenvalue weighted by Crippen LogP contribution is 2.24. The molecular weight excluding hydrogens is 315 g/mol. The lowest BCUT2D eigenvalue weighted by molar-refractivity contribution is 0.238. The Kier molecular flexibility index (Phi) is 5.69. The molecule has 0 aromatic heterocycles. The molecule has 2 amide bonds. The molecule has 1 aliphatic carbocycles. The Morgan fingerprint density at radius 2 is 1.88 bits per heavy atom. The van der Waals surface area contributed by atoms with Crippen molar-refractivity contribution in [1.82, 2.24) is 10.6 Å². The third-order valence-electron chi connectivity index (χ3n) is 4.86. The average Bonchev–Trinajstić information content (AvgIpc) is 2.63. The lowest BCUT2D eigenvalue weighted by Crippen LogP contribution is -2.38. The molecule has 0 radical (unpaired) electrons. The first kappa shape index (κ1) is 17.5. The van der Waals surface area contributed by atoms with Crippen LogP contribution in [-0.4, -0.2) is 12.6 Å². The fourth-order valence-electron chi connectivity index (χ4n) is 3.37. The second kappa shape index (κ2) is 8.15. The van der Waals surface area contributed by atoms with E-state index in [1.807, 2.05) is 6.92 Å². The van der Waals surface area contributed by atoms with Gasteiger partial charge in [-0.05, 0) is 67.3 Å². The van der Waals surface area contributed by atoms with Gasteiger partial charge in [0, 0.05) is 6.54 Å². The number of amides is 2. The summed E-state index contributed by atoms with van der Waals surface area (Å²) in [4.78, 5) is 12.1. The highest BCUT2D eigenvalue weighted by atomic mass is 19.1. The Morgan fingerprint density at radius 3 is 2.68 bits per heavy atom. The first-order valence-corrected chi connectivity index (χ1v) is 9.03. The predicted molar refractivity (Wildman–Crippen MR) is 98.1 cm³/mol. The van der Waals surface area contributed by atoms with Crippen molar-refractivity contribution < 1.29 is 9.18 Å². The second-order valence-electron chi connectivity index (χ2n) is 6.70. The molecule has 4 heteroatoms. The molecule has 0 heterocycles. The summed E-state index contributed by atoms with van der Waals surface area (Å²) >= 11 is 0. The maximum atomic E-state index is 13.6. The largest absolute Gasteiger partial charge is 0.338 e. The fraction of sp³-hybridized carbons (Fsp3) is 0.381. The van der Waals surface area contributed by atoms with E-state index in [-0.39, 0.29) is 17.9 Å². The fourth-order valence-corrected chi connectivity index (χ4v) is 3.37. The molecule has 3 nitrogen and oxygen atoms in total. The third-order valence-corrected chi connectivity index (χ3v) is 4.86. The standard InChI is InChI=1S/C21H25FN2O/c1-15(18-11-10-16-6-2-3-8-19(16)14-18)24-21(25)23-13-12-17-7-4-5-9-20(17)22/h4-5,7,9-11,14-15H,2-3,6,8,12-13H2,1H3,(H2,23,24,25). The van der Waals surface area contributed by atoms with Gasteiger partial charge in [0.1, 0.15) is 5.82 Å². The van der Waals surface area contributed by atoms with Crippen LogP contribution in [0, 0.1) is 5.82 Å². The van der Waals surface area contributed by atoms with Crippen LogP contribution in [0.1, 0.15) is 48.1 Å². The zero-order chi connectivity index (χ0) is 17.6. The highest BCUT2D eigenvalue weighted by molar-refractivity contribution is 5.74. The number of carbonyl (C=O) groups is 1. The number of hydrogen-bond acceptors (Lipinski definition) is 1. The summed E-state index contributed by atoms with van der Waals surface area (Å²) in [5, 5.41) is 5.76. The summed E-state index contributed by atoms with van der Waals surface area (Å²) in [6.45, 7) is 2.39. The molecule has 2 aromatic rings. The van der Waals surface area contributed by atoms with Crippen molar-refractivity contribution >= 4 is 6.03 Å². The number of rotatable bonds is 5. The molecule has 25 heavy (non-hydrogen) atoms. The molecule has 0 saturated heterocycles. The van der Waals surface area contributed by atoms with Crippen LogP contribution in [0.3, 0.4) is 0 Å². The van der Waals surface area contributed by atoms with Crippen LogP contribution in [0.15, 0.2) is 42.5 Å². The number of urea groups is 1. The van der Waals surface area contributed by atoms with Gasteiger partial charge in [-0.25, -0.2) is 9.18 Å². The molecule has 132 valence electrons. The summed E-state index contributed by atoms with van der Waals surface area (Å²) < 4.78 is 13.6. The Labute approximate surface area is 148 Å². The first-order chi connectivity index (χ1) is 12.1. The SMILES string of the molecule is CC(NC(=O)NCCc1ccccc1F)c1ccc2c(c1)CCCC2. The van der Waals surface area contributed by atoms with Gasteiger partial charge in [-0.1, -0.05) is 36.4 Å². The number of nitrogens with one attached hydrogen (secondary N) is 2. The van der Waals surface area contributed by atoms with Crippen molar-refractivity contribution in [2.24, 2.45) is 0 Å². The lowest BCUT2D eigenvalue weighted by Gasteiger charge is -2.20. The second-order valence-corrected chi connectivity index (χ2v) is 6.70. The van der Waals surface area contributed by atoms with E-state index in [0.717, 1.165) is 18.4 Å². The highest BCUT2D eigenvalue weighted by Gasteiger charge is 2.14. The zero-order valence-corrected chi connectivity index (χ0v) is 14.6. The van der Waals surface area contributed by atoms with Gasteiger partial charge in [0.2, 0.25) is 0 Å². The van der Waals surface area contributed by atoms with Crippen LogP contribution in [0.2, 0.25) is 0 Å². The average molecular weight is 340 g/mol. The smallest absolute Gasteiger partial charge is 0.315 e. The van der Waals surface area contributed by atoms with Gasteiger partial charge in [-0.3, -0.25) is 0 Å². The third kappa shape index (κ3) is 4.59. The number of fused-ring (bicyclic) bond motifs is 1. The zero-order valence-electron chi connectivity index (χ0n) is 14.6. The molecule has 1 aliphatic rings. The van der Waals surface area contributed by atoms with Gasteiger partial charge in [-0.15, -0.1) is 0 Å². The minimum absolute atomic E-state index is 0.0549. The van der Waals surface area contributed by atoms with Crippen LogP contribution in [0.25, 0.3) is 0 Å². The van der Waals surface area contributed by atoms with Gasteiger partial charge in [0.15, 0.2) is 0 Å². The maximum absolute atomic E-state index is 13.6. The van der Waals surface area contributed by atoms with Gasteiger partial charge in [0.25, 0.3) is 0 Å².